The highest BCUT2D eigenvalue weighted by Gasteiger charge is 2.20. The summed E-state index contributed by atoms with van der Waals surface area (Å²) in [5, 5.41) is 10.6. The number of anilines is 1. The van der Waals surface area contributed by atoms with Gasteiger partial charge in [0.1, 0.15) is 17.2 Å². The van der Waals surface area contributed by atoms with Gasteiger partial charge in [-0.25, -0.2) is 9.18 Å². The summed E-state index contributed by atoms with van der Waals surface area (Å²) in [5.74, 6) is 0.285. The zero-order valence-corrected chi connectivity index (χ0v) is 15.6. The summed E-state index contributed by atoms with van der Waals surface area (Å²) in [6.45, 7) is 9.75. The largest absolute Gasteiger partial charge is 0.459 e. The number of carbonyl (C=O) groups is 1. The second-order valence-electron chi connectivity index (χ2n) is 7.40. The fourth-order valence-corrected chi connectivity index (χ4v) is 2.81. The van der Waals surface area contributed by atoms with Gasteiger partial charge in [-0.1, -0.05) is 0 Å². The van der Waals surface area contributed by atoms with E-state index in [1.807, 2.05) is 34.6 Å². The Kier molecular flexibility index (Phi) is 4.48. The Balaban J connectivity index is 1.71. The van der Waals surface area contributed by atoms with Crippen LogP contribution in [0.4, 0.5) is 14.9 Å². The molecular formula is C19H23FN4O2. The number of nitrogens with zero attached hydrogens (tertiary/aromatic N) is 2. The summed E-state index contributed by atoms with van der Waals surface area (Å²) >= 11 is 0. The third-order valence-electron chi connectivity index (χ3n) is 4.20. The average molecular weight is 358 g/mol. The van der Waals surface area contributed by atoms with Crippen LogP contribution in [0.5, 0.6) is 0 Å². The third-order valence-corrected chi connectivity index (χ3v) is 4.20. The van der Waals surface area contributed by atoms with Crippen LogP contribution >= 0.6 is 0 Å². The van der Waals surface area contributed by atoms with E-state index in [1.54, 1.807) is 23.1 Å². The van der Waals surface area contributed by atoms with E-state index in [1.165, 1.54) is 12.1 Å². The molecule has 2 heterocycles. The van der Waals surface area contributed by atoms with E-state index >= 15 is 0 Å². The molecule has 2 amide bonds. The highest BCUT2D eigenvalue weighted by molar-refractivity contribution is 5.89. The van der Waals surface area contributed by atoms with Crippen LogP contribution in [-0.2, 0) is 5.54 Å². The number of fused-ring (bicyclic) bond motifs is 1. The molecule has 3 aromatic rings. The molecular weight excluding hydrogens is 335 g/mol. The van der Waals surface area contributed by atoms with E-state index < -0.39 is 0 Å². The molecule has 1 aromatic carbocycles. The molecule has 7 heteroatoms. The summed E-state index contributed by atoms with van der Waals surface area (Å²) < 4.78 is 21.0. The summed E-state index contributed by atoms with van der Waals surface area (Å²) in [5.41, 5.74) is 1.85. The van der Waals surface area contributed by atoms with Crippen LogP contribution in [0.3, 0.4) is 0 Å². The van der Waals surface area contributed by atoms with Crippen molar-refractivity contribution in [2.24, 2.45) is 0 Å². The third kappa shape index (κ3) is 3.56. The number of halogens is 1. The molecule has 6 nitrogen and oxygen atoms in total. The van der Waals surface area contributed by atoms with Crippen molar-refractivity contribution in [1.82, 2.24) is 15.1 Å². The maximum absolute atomic E-state index is 13.4. The SMILES string of the molecule is Cc1c([C@@H](C)NC(=O)Nc2cnn(C(C)(C)C)c2)oc2ccc(F)cc12. The number of furan rings is 1. The molecule has 0 bridgehead atoms. The Hall–Kier alpha value is -2.83. The Labute approximate surface area is 151 Å². The van der Waals surface area contributed by atoms with Crippen molar-refractivity contribution in [3.05, 3.63) is 47.7 Å². The lowest BCUT2D eigenvalue weighted by atomic mass is 10.1. The highest BCUT2D eigenvalue weighted by Crippen LogP contribution is 2.30. The van der Waals surface area contributed by atoms with Crippen LogP contribution in [0, 0.1) is 12.7 Å². The van der Waals surface area contributed by atoms with E-state index in [-0.39, 0.29) is 23.4 Å². The van der Waals surface area contributed by atoms with Gasteiger partial charge in [-0.3, -0.25) is 4.68 Å². The quantitative estimate of drug-likeness (QED) is 0.712. The molecule has 0 fully saturated rings. The number of aromatic nitrogens is 2. The van der Waals surface area contributed by atoms with Crippen molar-refractivity contribution >= 4 is 22.7 Å². The Morgan fingerprint density at radius 3 is 2.73 bits per heavy atom. The first-order chi connectivity index (χ1) is 12.1. The zero-order valence-electron chi connectivity index (χ0n) is 15.6. The maximum Gasteiger partial charge on any atom is 0.319 e. The van der Waals surface area contributed by atoms with Crippen molar-refractivity contribution in [2.75, 3.05) is 5.32 Å². The minimum Gasteiger partial charge on any atom is -0.459 e. The lowest BCUT2D eigenvalue weighted by Crippen LogP contribution is -2.31. The van der Waals surface area contributed by atoms with E-state index in [9.17, 15) is 9.18 Å². The van der Waals surface area contributed by atoms with E-state index in [4.69, 9.17) is 4.42 Å². The van der Waals surface area contributed by atoms with Crippen LogP contribution in [0.1, 0.15) is 45.1 Å². The van der Waals surface area contributed by atoms with Crippen molar-refractivity contribution in [3.63, 3.8) is 0 Å². The van der Waals surface area contributed by atoms with Crippen molar-refractivity contribution < 1.29 is 13.6 Å². The monoisotopic (exact) mass is 358 g/mol. The normalized spacial score (nSPS) is 13.0. The second kappa shape index (κ2) is 6.48. The number of nitrogens with one attached hydrogen (secondary N) is 2. The molecule has 0 aliphatic carbocycles. The molecule has 138 valence electrons. The maximum atomic E-state index is 13.4. The molecule has 0 aliphatic heterocycles. The van der Waals surface area contributed by atoms with Gasteiger partial charge in [-0.15, -0.1) is 0 Å². The van der Waals surface area contributed by atoms with Gasteiger partial charge in [0.2, 0.25) is 0 Å². The van der Waals surface area contributed by atoms with Crippen molar-refractivity contribution in [3.8, 4) is 0 Å². The first-order valence-electron chi connectivity index (χ1n) is 8.46. The van der Waals surface area contributed by atoms with Gasteiger partial charge in [0.05, 0.1) is 23.5 Å². The molecule has 0 aliphatic rings. The van der Waals surface area contributed by atoms with Crippen LogP contribution in [0.25, 0.3) is 11.0 Å². The van der Waals surface area contributed by atoms with Gasteiger partial charge in [0.15, 0.2) is 0 Å². The number of aryl methyl sites for hydroxylation is 1. The van der Waals surface area contributed by atoms with Crippen LogP contribution in [-0.4, -0.2) is 15.8 Å². The van der Waals surface area contributed by atoms with Gasteiger partial charge in [-0.05, 0) is 52.8 Å². The molecule has 0 radical (unpaired) electrons. The predicted molar refractivity (Wildman–Crippen MR) is 98.7 cm³/mol. The number of benzene rings is 1. The van der Waals surface area contributed by atoms with Gasteiger partial charge >= 0.3 is 6.03 Å². The number of amides is 2. The number of rotatable bonds is 3. The van der Waals surface area contributed by atoms with Gasteiger partial charge in [0, 0.05) is 17.1 Å². The molecule has 26 heavy (non-hydrogen) atoms. The van der Waals surface area contributed by atoms with Crippen molar-refractivity contribution in [1.29, 1.82) is 0 Å². The predicted octanol–water partition coefficient (Wildman–Crippen LogP) is 4.71. The Bertz CT molecular complexity index is 952. The zero-order chi connectivity index (χ0) is 19.1. The van der Waals surface area contributed by atoms with Crippen molar-refractivity contribution in [2.45, 2.75) is 46.2 Å². The lowest BCUT2D eigenvalue weighted by Gasteiger charge is -2.18. The lowest BCUT2D eigenvalue weighted by molar-refractivity contribution is 0.248. The van der Waals surface area contributed by atoms with Crippen LogP contribution in [0.15, 0.2) is 35.0 Å². The topological polar surface area (TPSA) is 72.1 Å². The van der Waals surface area contributed by atoms with Crippen LogP contribution in [0.2, 0.25) is 0 Å². The minimum absolute atomic E-state index is 0.162. The second-order valence-corrected chi connectivity index (χ2v) is 7.40. The summed E-state index contributed by atoms with van der Waals surface area (Å²) in [4.78, 5) is 12.3. The number of carbonyl (C=O) groups excluding carboxylic acids is 1. The van der Waals surface area contributed by atoms with Gasteiger partial charge < -0.3 is 15.1 Å². The highest BCUT2D eigenvalue weighted by atomic mass is 19.1. The average Bonchev–Trinajstić information content (AvgIpc) is 3.12. The smallest absolute Gasteiger partial charge is 0.319 e. The first-order valence-corrected chi connectivity index (χ1v) is 8.46. The fraction of sp³-hybridized carbons (Fsp3) is 0.368. The van der Waals surface area contributed by atoms with E-state index in [2.05, 4.69) is 15.7 Å². The number of urea groups is 1. The Morgan fingerprint density at radius 2 is 2.08 bits per heavy atom. The molecule has 0 saturated carbocycles. The van der Waals surface area contributed by atoms with E-state index in [0.717, 1.165) is 5.56 Å². The fourth-order valence-electron chi connectivity index (χ4n) is 2.81. The molecule has 2 N–H and O–H groups in total. The molecule has 1 atom stereocenters. The molecule has 3 rings (SSSR count). The number of hydrogen-bond acceptors (Lipinski definition) is 3. The number of hydrogen-bond donors (Lipinski definition) is 2. The summed E-state index contributed by atoms with van der Waals surface area (Å²) in [7, 11) is 0. The summed E-state index contributed by atoms with van der Waals surface area (Å²) in [6, 6.07) is 3.65. The minimum atomic E-state index is -0.372. The summed E-state index contributed by atoms with van der Waals surface area (Å²) in [6.07, 6.45) is 3.38. The van der Waals surface area contributed by atoms with Gasteiger partial charge in [-0.2, -0.15) is 5.10 Å². The first kappa shape index (κ1) is 18.0. The standard InChI is InChI=1S/C19H23FN4O2/c1-11-15-8-13(20)6-7-16(15)26-17(11)12(2)22-18(25)23-14-9-21-24(10-14)19(3,4)5/h6-10,12H,1-5H3,(H2,22,23,25)/t12-/m1/s1. The van der Waals surface area contributed by atoms with Gasteiger partial charge in [0.25, 0.3) is 0 Å². The van der Waals surface area contributed by atoms with E-state index in [0.29, 0.717) is 22.4 Å². The molecule has 0 unspecified atom stereocenters. The molecule has 0 saturated heterocycles. The molecule has 2 aromatic heterocycles. The van der Waals surface area contributed by atoms with Crippen LogP contribution < -0.4 is 10.6 Å². The Morgan fingerprint density at radius 1 is 1.35 bits per heavy atom. The molecule has 0 spiro atoms.